The standard InChI is InChI=1S/C12H24N3O.Cs/c1-14(2)9-6-10-15(3)11(16)12(13)7-4-5-8-12;/h13H,4-10H2,1-3H3;/q-1;+1. The van der Waals surface area contributed by atoms with Gasteiger partial charge in [0.05, 0.1) is 0 Å². The molecule has 1 amide bonds. The minimum Gasteiger partial charge on any atom is -0.664 e. The summed E-state index contributed by atoms with van der Waals surface area (Å²) in [4.78, 5) is 15.9. The third kappa shape index (κ3) is 5.95. The number of carbonyl (C=O) groups is 1. The average molecular weight is 359 g/mol. The van der Waals surface area contributed by atoms with Gasteiger partial charge in [0.25, 0.3) is 0 Å². The van der Waals surface area contributed by atoms with Gasteiger partial charge in [0.2, 0.25) is 5.91 Å². The van der Waals surface area contributed by atoms with E-state index in [0.29, 0.717) is 0 Å². The van der Waals surface area contributed by atoms with Crippen LogP contribution in [0.3, 0.4) is 0 Å². The molecule has 1 aliphatic carbocycles. The number of hydrogen-bond donors (Lipinski definition) is 0. The van der Waals surface area contributed by atoms with E-state index in [2.05, 4.69) is 4.90 Å². The van der Waals surface area contributed by atoms with Crippen molar-refractivity contribution in [3.8, 4) is 0 Å². The van der Waals surface area contributed by atoms with Gasteiger partial charge in [-0.25, -0.2) is 0 Å². The number of rotatable bonds is 5. The molecule has 0 unspecified atom stereocenters. The summed E-state index contributed by atoms with van der Waals surface area (Å²) in [7, 11) is 5.89. The van der Waals surface area contributed by atoms with E-state index >= 15 is 0 Å². The van der Waals surface area contributed by atoms with Crippen LogP contribution in [0.5, 0.6) is 0 Å². The summed E-state index contributed by atoms with van der Waals surface area (Å²) in [5.41, 5.74) is 7.32. The van der Waals surface area contributed by atoms with Crippen LogP contribution >= 0.6 is 0 Å². The molecule has 0 saturated heterocycles. The Labute approximate surface area is 164 Å². The summed E-state index contributed by atoms with van der Waals surface area (Å²) in [6.45, 7) is 1.75. The maximum absolute atomic E-state index is 12.1. The molecule has 0 aromatic carbocycles. The molecule has 0 spiro atoms. The molecule has 1 fully saturated rings. The van der Waals surface area contributed by atoms with Crippen LogP contribution in [0.25, 0.3) is 5.73 Å². The van der Waals surface area contributed by atoms with Crippen LogP contribution in [0.2, 0.25) is 0 Å². The fourth-order valence-electron chi connectivity index (χ4n) is 2.28. The summed E-state index contributed by atoms with van der Waals surface area (Å²) in [5, 5.41) is 0. The van der Waals surface area contributed by atoms with Gasteiger partial charge in [0.1, 0.15) is 0 Å². The fourth-order valence-corrected chi connectivity index (χ4v) is 2.28. The van der Waals surface area contributed by atoms with Gasteiger partial charge in [-0.3, -0.25) is 4.79 Å². The molecular formula is C12H24CsN3O. The van der Waals surface area contributed by atoms with Gasteiger partial charge in [-0.05, 0) is 32.6 Å². The molecule has 94 valence electrons. The Bertz CT molecular complexity index is 240. The molecule has 0 radical (unpaired) electrons. The second kappa shape index (κ2) is 8.58. The third-order valence-corrected chi connectivity index (χ3v) is 3.31. The molecule has 17 heavy (non-hydrogen) atoms. The van der Waals surface area contributed by atoms with E-state index in [1.165, 1.54) is 0 Å². The minimum absolute atomic E-state index is 0. The van der Waals surface area contributed by atoms with E-state index in [9.17, 15) is 4.79 Å². The first-order valence-corrected chi connectivity index (χ1v) is 6.11. The maximum atomic E-state index is 12.1. The minimum atomic E-state index is -0.813. The zero-order chi connectivity index (χ0) is 12.2. The van der Waals surface area contributed by atoms with Gasteiger partial charge in [-0.15, -0.1) is 0 Å². The fraction of sp³-hybridized carbons (Fsp3) is 0.917. The molecule has 4 nitrogen and oxygen atoms in total. The molecule has 1 aliphatic rings. The molecule has 5 heteroatoms. The number of amides is 1. The van der Waals surface area contributed by atoms with Crippen LogP contribution in [-0.2, 0) is 4.79 Å². The van der Waals surface area contributed by atoms with Crippen molar-refractivity contribution in [2.45, 2.75) is 37.6 Å². The maximum Gasteiger partial charge on any atom is 1.00 e. The summed E-state index contributed by atoms with van der Waals surface area (Å²) in [6.07, 6.45) is 4.51. The summed E-state index contributed by atoms with van der Waals surface area (Å²) in [6, 6.07) is 0. The number of carbonyl (C=O) groups excluding carboxylic acids is 1. The van der Waals surface area contributed by atoms with Crippen molar-refractivity contribution < 1.29 is 73.7 Å². The Morgan fingerprint density at radius 2 is 1.71 bits per heavy atom. The van der Waals surface area contributed by atoms with Gasteiger partial charge in [-0.2, -0.15) is 0 Å². The van der Waals surface area contributed by atoms with Crippen LogP contribution < -0.4 is 68.9 Å². The molecule has 1 N–H and O–H groups in total. The Hall–Kier alpha value is 1.44. The third-order valence-electron chi connectivity index (χ3n) is 3.31. The Kier molecular flexibility index (Phi) is 9.31. The number of nitrogens with one attached hydrogen (secondary N) is 1. The van der Waals surface area contributed by atoms with E-state index in [4.69, 9.17) is 5.73 Å². The van der Waals surface area contributed by atoms with Gasteiger partial charge >= 0.3 is 68.9 Å². The molecular weight excluding hydrogens is 335 g/mol. The number of nitrogens with zero attached hydrogens (tertiary/aromatic N) is 2. The summed E-state index contributed by atoms with van der Waals surface area (Å²) < 4.78 is 0. The zero-order valence-electron chi connectivity index (χ0n) is 11.8. The Morgan fingerprint density at radius 1 is 1.18 bits per heavy atom. The van der Waals surface area contributed by atoms with E-state index in [0.717, 1.165) is 45.2 Å². The van der Waals surface area contributed by atoms with E-state index in [1.807, 2.05) is 21.1 Å². The van der Waals surface area contributed by atoms with Gasteiger partial charge in [0.15, 0.2) is 0 Å². The molecule has 0 aromatic heterocycles. The van der Waals surface area contributed by atoms with Crippen LogP contribution in [0.15, 0.2) is 0 Å². The summed E-state index contributed by atoms with van der Waals surface area (Å²) >= 11 is 0. The zero-order valence-corrected chi connectivity index (χ0v) is 18.0. The van der Waals surface area contributed by atoms with Crippen molar-refractivity contribution in [3.05, 3.63) is 5.73 Å². The molecule has 0 heterocycles. The van der Waals surface area contributed by atoms with Crippen molar-refractivity contribution in [2.24, 2.45) is 0 Å². The Balaban J connectivity index is 0.00000256. The first-order chi connectivity index (χ1) is 7.46. The molecule has 1 saturated carbocycles. The summed E-state index contributed by atoms with van der Waals surface area (Å²) in [5.74, 6) is 0.0174. The van der Waals surface area contributed by atoms with E-state index < -0.39 is 5.54 Å². The van der Waals surface area contributed by atoms with E-state index in [-0.39, 0.29) is 74.8 Å². The van der Waals surface area contributed by atoms with Crippen molar-refractivity contribution in [2.75, 3.05) is 34.2 Å². The van der Waals surface area contributed by atoms with Crippen molar-refractivity contribution in [1.82, 2.24) is 9.80 Å². The monoisotopic (exact) mass is 359 g/mol. The molecule has 0 aromatic rings. The first kappa shape index (κ1) is 18.4. The number of likely N-dealkylation sites (N-methyl/N-ethyl adjacent to an activating group) is 1. The number of hydrogen-bond acceptors (Lipinski definition) is 2. The normalized spacial score (nSPS) is 17.9. The van der Waals surface area contributed by atoms with Crippen LogP contribution in [0.4, 0.5) is 0 Å². The van der Waals surface area contributed by atoms with Crippen LogP contribution in [0, 0.1) is 0 Å². The topological polar surface area (TPSA) is 47.4 Å². The van der Waals surface area contributed by atoms with Crippen molar-refractivity contribution in [3.63, 3.8) is 0 Å². The molecule has 0 atom stereocenters. The van der Waals surface area contributed by atoms with Gasteiger partial charge < -0.3 is 15.5 Å². The largest absolute Gasteiger partial charge is 1.00 e. The van der Waals surface area contributed by atoms with Crippen LogP contribution in [0.1, 0.15) is 32.1 Å². The van der Waals surface area contributed by atoms with E-state index in [1.54, 1.807) is 4.90 Å². The quantitative estimate of drug-likeness (QED) is 0.617. The predicted molar refractivity (Wildman–Crippen MR) is 66.3 cm³/mol. The second-order valence-corrected chi connectivity index (χ2v) is 5.17. The smallest absolute Gasteiger partial charge is 0.664 e. The second-order valence-electron chi connectivity index (χ2n) is 5.17. The van der Waals surface area contributed by atoms with Crippen molar-refractivity contribution in [1.29, 1.82) is 0 Å². The van der Waals surface area contributed by atoms with Crippen LogP contribution in [-0.4, -0.2) is 55.5 Å². The Morgan fingerprint density at radius 3 is 2.18 bits per heavy atom. The van der Waals surface area contributed by atoms with Gasteiger partial charge in [0, 0.05) is 13.6 Å². The predicted octanol–water partition coefficient (Wildman–Crippen LogP) is -1.23. The van der Waals surface area contributed by atoms with Crippen molar-refractivity contribution >= 4 is 5.91 Å². The molecule has 0 aliphatic heterocycles. The molecule has 0 bridgehead atoms. The average Bonchev–Trinajstić information content (AvgIpc) is 2.64. The first-order valence-electron chi connectivity index (χ1n) is 6.11. The molecule has 1 rings (SSSR count). The van der Waals surface area contributed by atoms with Gasteiger partial charge in [-0.1, -0.05) is 25.7 Å². The SMILES string of the molecule is CN(C)CCCN(C)C(=O)C1([NH-])CCCC1.[Cs+].